The Morgan fingerprint density at radius 3 is 2.62 bits per heavy atom. The van der Waals surface area contributed by atoms with Gasteiger partial charge in [0, 0.05) is 19.2 Å². The maximum Gasteiger partial charge on any atom is 0.0615 e. The van der Waals surface area contributed by atoms with Gasteiger partial charge in [0.05, 0.1) is 6.61 Å². The van der Waals surface area contributed by atoms with E-state index in [4.69, 9.17) is 4.74 Å². The molecule has 1 rings (SSSR count). The number of hydrogen-bond donors (Lipinski definition) is 1. The summed E-state index contributed by atoms with van der Waals surface area (Å²) in [6.07, 6.45) is 5.18. The van der Waals surface area contributed by atoms with E-state index in [2.05, 4.69) is 19.2 Å². The Kier molecular flexibility index (Phi) is 4.74. The van der Waals surface area contributed by atoms with Crippen molar-refractivity contribution < 1.29 is 4.74 Å². The SMILES string of the molecule is CCCC(COC)NC1CC(C)C1. The van der Waals surface area contributed by atoms with Crippen LogP contribution in [0.3, 0.4) is 0 Å². The Balaban J connectivity index is 2.14. The molecular weight excluding hydrogens is 162 g/mol. The highest BCUT2D eigenvalue weighted by atomic mass is 16.5. The van der Waals surface area contributed by atoms with E-state index >= 15 is 0 Å². The van der Waals surface area contributed by atoms with Gasteiger partial charge in [0.15, 0.2) is 0 Å². The van der Waals surface area contributed by atoms with Crippen LogP contribution in [0.25, 0.3) is 0 Å². The summed E-state index contributed by atoms with van der Waals surface area (Å²) >= 11 is 0. The third kappa shape index (κ3) is 3.65. The van der Waals surface area contributed by atoms with Crippen molar-refractivity contribution in [1.29, 1.82) is 0 Å². The predicted molar refractivity (Wildman–Crippen MR) is 55.9 cm³/mol. The van der Waals surface area contributed by atoms with E-state index in [1.54, 1.807) is 7.11 Å². The lowest BCUT2D eigenvalue weighted by atomic mass is 9.81. The monoisotopic (exact) mass is 185 g/mol. The average Bonchev–Trinajstić information content (AvgIpc) is 2.02. The number of nitrogens with one attached hydrogen (secondary N) is 1. The lowest BCUT2D eigenvalue weighted by Crippen LogP contribution is -2.47. The second-order valence-corrected chi connectivity index (χ2v) is 4.38. The molecule has 78 valence electrons. The van der Waals surface area contributed by atoms with Crippen LogP contribution in [0.4, 0.5) is 0 Å². The summed E-state index contributed by atoms with van der Waals surface area (Å²) in [6, 6.07) is 1.34. The lowest BCUT2D eigenvalue weighted by molar-refractivity contribution is 0.134. The zero-order valence-corrected chi connectivity index (χ0v) is 9.18. The second kappa shape index (κ2) is 5.61. The Bertz CT molecular complexity index is 126. The molecule has 0 saturated heterocycles. The van der Waals surface area contributed by atoms with Crippen LogP contribution in [0, 0.1) is 5.92 Å². The van der Waals surface area contributed by atoms with Crippen LogP contribution in [0.5, 0.6) is 0 Å². The summed E-state index contributed by atoms with van der Waals surface area (Å²) < 4.78 is 5.19. The molecule has 1 atom stereocenters. The largest absolute Gasteiger partial charge is 0.383 e. The van der Waals surface area contributed by atoms with Gasteiger partial charge in [-0.1, -0.05) is 20.3 Å². The van der Waals surface area contributed by atoms with Gasteiger partial charge in [-0.25, -0.2) is 0 Å². The molecule has 0 spiro atoms. The van der Waals surface area contributed by atoms with Gasteiger partial charge in [-0.05, 0) is 25.2 Å². The Morgan fingerprint density at radius 2 is 2.15 bits per heavy atom. The molecule has 1 fully saturated rings. The fraction of sp³-hybridized carbons (Fsp3) is 1.00. The van der Waals surface area contributed by atoms with Crippen molar-refractivity contribution in [2.75, 3.05) is 13.7 Å². The van der Waals surface area contributed by atoms with Crippen molar-refractivity contribution in [3.63, 3.8) is 0 Å². The predicted octanol–water partition coefficient (Wildman–Crippen LogP) is 2.19. The molecule has 0 aromatic rings. The third-order valence-electron chi connectivity index (χ3n) is 2.85. The number of methoxy groups -OCH3 is 1. The average molecular weight is 185 g/mol. The molecule has 2 heteroatoms. The summed E-state index contributed by atoms with van der Waals surface area (Å²) in [5, 5.41) is 3.66. The van der Waals surface area contributed by atoms with Crippen molar-refractivity contribution in [3.8, 4) is 0 Å². The molecule has 1 unspecified atom stereocenters. The quantitative estimate of drug-likeness (QED) is 0.685. The lowest BCUT2D eigenvalue weighted by Gasteiger charge is -2.36. The van der Waals surface area contributed by atoms with Gasteiger partial charge < -0.3 is 10.1 Å². The topological polar surface area (TPSA) is 21.3 Å². The molecule has 2 nitrogen and oxygen atoms in total. The first-order chi connectivity index (χ1) is 6.26. The van der Waals surface area contributed by atoms with Crippen LogP contribution < -0.4 is 5.32 Å². The van der Waals surface area contributed by atoms with Gasteiger partial charge in [-0.15, -0.1) is 0 Å². The molecule has 1 N–H and O–H groups in total. The van der Waals surface area contributed by atoms with Crippen molar-refractivity contribution in [3.05, 3.63) is 0 Å². The molecule has 0 aromatic heterocycles. The van der Waals surface area contributed by atoms with E-state index < -0.39 is 0 Å². The molecule has 0 aliphatic heterocycles. The molecular formula is C11H23NO. The first-order valence-corrected chi connectivity index (χ1v) is 5.51. The first-order valence-electron chi connectivity index (χ1n) is 5.51. The molecule has 1 aliphatic rings. The standard InChI is InChI=1S/C11H23NO/c1-4-5-10(8-13-3)12-11-6-9(2)7-11/h9-12H,4-8H2,1-3H3. The van der Waals surface area contributed by atoms with E-state index in [0.29, 0.717) is 6.04 Å². The van der Waals surface area contributed by atoms with Gasteiger partial charge in [0.2, 0.25) is 0 Å². The number of ether oxygens (including phenoxy) is 1. The van der Waals surface area contributed by atoms with Crippen molar-refractivity contribution in [1.82, 2.24) is 5.32 Å². The van der Waals surface area contributed by atoms with E-state index in [0.717, 1.165) is 18.6 Å². The summed E-state index contributed by atoms with van der Waals surface area (Å²) in [5.74, 6) is 0.933. The minimum absolute atomic E-state index is 0.576. The highest BCUT2D eigenvalue weighted by Crippen LogP contribution is 2.26. The number of rotatable bonds is 6. The Labute approximate surface area is 82.0 Å². The van der Waals surface area contributed by atoms with Crippen molar-refractivity contribution in [2.45, 2.75) is 51.6 Å². The Hall–Kier alpha value is -0.0800. The zero-order chi connectivity index (χ0) is 9.68. The fourth-order valence-corrected chi connectivity index (χ4v) is 2.14. The van der Waals surface area contributed by atoms with Crippen LogP contribution in [0.15, 0.2) is 0 Å². The van der Waals surface area contributed by atoms with Crippen LogP contribution >= 0.6 is 0 Å². The molecule has 0 amide bonds. The second-order valence-electron chi connectivity index (χ2n) is 4.38. The van der Waals surface area contributed by atoms with Crippen molar-refractivity contribution >= 4 is 0 Å². The molecule has 0 radical (unpaired) electrons. The smallest absolute Gasteiger partial charge is 0.0615 e. The van der Waals surface area contributed by atoms with Crippen LogP contribution in [-0.2, 0) is 4.74 Å². The fourth-order valence-electron chi connectivity index (χ4n) is 2.14. The summed E-state index contributed by atoms with van der Waals surface area (Å²) in [7, 11) is 1.79. The maximum absolute atomic E-state index is 5.19. The maximum atomic E-state index is 5.19. The summed E-state index contributed by atoms with van der Waals surface area (Å²) in [4.78, 5) is 0. The zero-order valence-electron chi connectivity index (χ0n) is 9.18. The van der Waals surface area contributed by atoms with E-state index in [1.807, 2.05) is 0 Å². The van der Waals surface area contributed by atoms with Crippen LogP contribution in [0.1, 0.15) is 39.5 Å². The highest BCUT2D eigenvalue weighted by Gasteiger charge is 2.26. The highest BCUT2D eigenvalue weighted by molar-refractivity contribution is 4.85. The van der Waals surface area contributed by atoms with E-state index in [1.165, 1.54) is 25.7 Å². The van der Waals surface area contributed by atoms with Gasteiger partial charge >= 0.3 is 0 Å². The first kappa shape index (κ1) is 11.0. The van der Waals surface area contributed by atoms with Gasteiger partial charge in [0.25, 0.3) is 0 Å². The van der Waals surface area contributed by atoms with Gasteiger partial charge in [-0.2, -0.15) is 0 Å². The van der Waals surface area contributed by atoms with Crippen molar-refractivity contribution in [2.24, 2.45) is 5.92 Å². The van der Waals surface area contributed by atoms with Gasteiger partial charge in [0.1, 0.15) is 0 Å². The Morgan fingerprint density at radius 1 is 1.46 bits per heavy atom. The minimum Gasteiger partial charge on any atom is -0.383 e. The summed E-state index contributed by atoms with van der Waals surface area (Å²) in [6.45, 7) is 5.41. The molecule has 1 saturated carbocycles. The van der Waals surface area contributed by atoms with Crippen LogP contribution in [0.2, 0.25) is 0 Å². The minimum atomic E-state index is 0.576. The molecule has 0 aromatic carbocycles. The summed E-state index contributed by atoms with van der Waals surface area (Å²) in [5.41, 5.74) is 0. The van der Waals surface area contributed by atoms with E-state index in [-0.39, 0.29) is 0 Å². The van der Waals surface area contributed by atoms with Crippen LogP contribution in [-0.4, -0.2) is 25.8 Å². The normalized spacial score (nSPS) is 29.8. The third-order valence-corrected chi connectivity index (χ3v) is 2.85. The van der Waals surface area contributed by atoms with Gasteiger partial charge in [-0.3, -0.25) is 0 Å². The molecule has 13 heavy (non-hydrogen) atoms. The number of hydrogen-bond acceptors (Lipinski definition) is 2. The van der Waals surface area contributed by atoms with E-state index in [9.17, 15) is 0 Å². The molecule has 0 heterocycles. The molecule has 1 aliphatic carbocycles. The molecule has 0 bridgehead atoms.